The first-order valence-corrected chi connectivity index (χ1v) is 8.05. The highest BCUT2D eigenvalue weighted by molar-refractivity contribution is 6.35. The highest BCUT2D eigenvalue weighted by atomic mass is 35.5. The summed E-state index contributed by atoms with van der Waals surface area (Å²) in [6.45, 7) is 3.71. The van der Waals surface area contributed by atoms with Crippen LogP contribution in [0.4, 0.5) is 0 Å². The van der Waals surface area contributed by atoms with E-state index >= 15 is 0 Å². The van der Waals surface area contributed by atoms with E-state index in [1.807, 2.05) is 0 Å². The molecule has 0 spiro atoms. The Morgan fingerprint density at radius 2 is 2.00 bits per heavy atom. The summed E-state index contributed by atoms with van der Waals surface area (Å²) in [7, 11) is 0. The maximum absolute atomic E-state index is 10.9. The van der Waals surface area contributed by atoms with Crippen LogP contribution in [0.15, 0.2) is 12.1 Å². The maximum Gasteiger partial charge on any atom is 0.306 e. The number of carbonyl (C=O) groups is 1. The summed E-state index contributed by atoms with van der Waals surface area (Å²) in [5.74, 6) is -0.832. The molecule has 5 nitrogen and oxygen atoms in total. The number of piperidine rings is 1. The number of hydrogen-bond donors (Lipinski definition) is 3. The van der Waals surface area contributed by atoms with Crippen molar-refractivity contribution in [3.05, 3.63) is 27.7 Å². The molecule has 1 aromatic carbocycles. The molecule has 0 aliphatic carbocycles. The van der Waals surface area contributed by atoms with Gasteiger partial charge in [0.25, 0.3) is 0 Å². The average molecular weight is 347 g/mol. The number of nitrogens with zero attached hydrogens (tertiary/aromatic N) is 1. The zero-order valence-corrected chi connectivity index (χ0v) is 13.7. The second-order valence-electron chi connectivity index (χ2n) is 5.53. The predicted octanol–water partition coefficient (Wildman–Crippen LogP) is 2.59. The first-order valence-electron chi connectivity index (χ1n) is 7.30. The molecule has 122 valence electrons. The van der Waals surface area contributed by atoms with Crippen molar-refractivity contribution in [3.8, 4) is 5.75 Å². The highest BCUT2D eigenvalue weighted by Gasteiger charge is 2.23. The Labute approximate surface area is 139 Å². The molecule has 1 saturated heterocycles. The van der Waals surface area contributed by atoms with Crippen molar-refractivity contribution in [1.29, 1.82) is 0 Å². The maximum atomic E-state index is 10.9. The third kappa shape index (κ3) is 4.74. The lowest BCUT2D eigenvalue weighted by molar-refractivity contribution is -0.143. The standard InChI is InChI=1S/C15H20Cl2N2O3/c16-12-7-11(14(20)13(17)8-12)9-18-3-6-19-4-1-10(2-5-19)15(21)22/h7-8,10,18,20H,1-6,9H2,(H,21,22). The van der Waals surface area contributed by atoms with E-state index in [-0.39, 0.29) is 16.7 Å². The van der Waals surface area contributed by atoms with E-state index in [1.54, 1.807) is 6.07 Å². The van der Waals surface area contributed by atoms with Crippen molar-refractivity contribution in [2.75, 3.05) is 26.2 Å². The summed E-state index contributed by atoms with van der Waals surface area (Å²) >= 11 is 11.8. The lowest BCUT2D eigenvalue weighted by Crippen LogP contribution is -2.39. The number of hydrogen-bond acceptors (Lipinski definition) is 4. The van der Waals surface area contributed by atoms with Crippen molar-refractivity contribution >= 4 is 29.2 Å². The molecule has 1 aromatic rings. The number of halogens is 2. The summed E-state index contributed by atoms with van der Waals surface area (Å²) in [5, 5.41) is 22.8. The van der Waals surface area contributed by atoms with Crippen molar-refractivity contribution in [2.45, 2.75) is 19.4 Å². The Kier molecular flexibility index (Phi) is 6.32. The molecule has 0 aromatic heterocycles. The van der Waals surface area contributed by atoms with E-state index in [0.717, 1.165) is 26.2 Å². The van der Waals surface area contributed by atoms with Gasteiger partial charge in [-0.25, -0.2) is 0 Å². The van der Waals surface area contributed by atoms with E-state index in [9.17, 15) is 9.90 Å². The van der Waals surface area contributed by atoms with Crippen LogP contribution in [0.2, 0.25) is 10.0 Å². The molecule has 0 radical (unpaired) electrons. The Balaban J connectivity index is 1.71. The van der Waals surface area contributed by atoms with Crippen molar-refractivity contribution in [1.82, 2.24) is 10.2 Å². The summed E-state index contributed by atoms with van der Waals surface area (Å²) in [6.07, 6.45) is 1.42. The molecule has 1 heterocycles. The quantitative estimate of drug-likeness (QED) is 0.690. The normalized spacial score (nSPS) is 16.8. The molecule has 22 heavy (non-hydrogen) atoms. The molecule has 2 rings (SSSR count). The fraction of sp³-hybridized carbons (Fsp3) is 0.533. The molecular weight excluding hydrogens is 327 g/mol. The van der Waals surface area contributed by atoms with E-state index in [4.69, 9.17) is 28.3 Å². The van der Waals surface area contributed by atoms with Gasteiger partial charge >= 0.3 is 5.97 Å². The van der Waals surface area contributed by atoms with Gasteiger partial charge in [0.2, 0.25) is 0 Å². The lowest BCUT2D eigenvalue weighted by Gasteiger charge is -2.29. The third-order valence-corrected chi connectivity index (χ3v) is 4.47. The van der Waals surface area contributed by atoms with Gasteiger partial charge in [-0.3, -0.25) is 4.79 Å². The Bertz CT molecular complexity index is 532. The number of likely N-dealkylation sites (tertiary alicyclic amines) is 1. The molecule has 1 fully saturated rings. The highest BCUT2D eigenvalue weighted by Crippen LogP contribution is 2.30. The summed E-state index contributed by atoms with van der Waals surface area (Å²) in [5.41, 5.74) is 0.669. The Hall–Kier alpha value is -1.01. The molecule has 0 amide bonds. The fourth-order valence-corrected chi connectivity index (χ4v) is 3.15. The van der Waals surface area contributed by atoms with Crippen molar-refractivity contribution in [3.63, 3.8) is 0 Å². The molecule has 7 heteroatoms. The molecule has 0 bridgehead atoms. The number of rotatable bonds is 6. The zero-order valence-electron chi connectivity index (χ0n) is 12.2. The van der Waals surface area contributed by atoms with Crippen LogP contribution >= 0.6 is 23.2 Å². The number of aliphatic carboxylic acids is 1. The van der Waals surface area contributed by atoms with E-state index in [1.165, 1.54) is 6.07 Å². The number of nitrogens with one attached hydrogen (secondary N) is 1. The smallest absolute Gasteiger partial charge is 0.306 e. The second kappa shape index (κ2) is 8.02. The molecule has 1 aliphatic heterocycles. The largest absolute Gasteiger partial charge is 0.506 e. The Morgan fingerprint density at radius 1 is 1.32 bits per heavy atom. The fourth-order valence-electron chi connectivity index (χ4n) is 2.62. The van der Waals surface area contributed by atoms with Gasteiger partial charge in [-0.15, -0.1) is 0 Å². The summed E-state index contributed by atoms with van der Waals surface area (Å²) < 4.78 is 0. The van der Waals surface area contributed by atoms with Gasteiger partial charge in [-0.05, 0) is 38.1 Å². The molecular formula is C15H20Cl2N2O3. The monoisotopic (exact) mass is 346 g/mol. The van der Waals surface area contributed by atoms with Gasteiger partial charge in [0, 0.05) is 30.2 Å². The van der Waals surface area contributed by atoms with Crippen LogP contribution in [0.1, 0.15) is 18.4 Å². The van der Waals surface area contributed by atoms with Crippen LogP contribution in [0, 0.1) is 5.92 Å². The van der Waals surface area contributed by atoms with Crippen LogP contribution in [0.25, 0.3) is 0 Å². The van der Waals surface area contributed by atoms with Gasteiger partial charge in [0.05, 0.1) is 10.9 Å². The van der Waals surface area contributed by atoms with Gasteiger partial charge in [-0.1, -0.05) is 23.2 Å². The first-order chi connectivity index (χ1) is 10.5. The summed E-state index contributed by atoms with van der Waals surface area (Å²) in [6, 6.07) is 3.20. The van der Waals surface area contributed by atoms with E-state index in [2.05, 4.69) is 10.2 Å². The number of phenols is 1. The Morgan fingerprint density at radius 3 is 2.64 bits per heavy atom. The average Bonchev–Trinajstić information content (AvgIpc) is 2.48. The SMILES string of the molecule is O=C(O)C1CCN(CCNCc2cc(Cl)cc(Cl)c2O)CC1. The number of aromatic hydroxyl groups is 1. The number of carboxylic acids is 1. The second-order valence-corrected chi connectivity index (χ2v) is 6.37. The number of benzene rings is 1. The van der Waals surface area contributed by atoms with Crippen LogP contribution in [-0.4, -0.2) is 47.3 Å². The number of carboxylic acid groups (broad SMARTS) is 1. The van der Waals surface area contributed by atoms with Crippen LogP contribution in [0.5, 0.6) is 5.75 Å². The molecule has 0 unspecified atom stereocenters. The van der Waals surface area contributed by atoms with Crippen LogP contribution in [0.3, 0.4) is 0 Å². The van der Waals surface area contributed by atoms with Gasteiger partial charge in [-0.2, -0.15) is 0 Å². The predicted molar refractivity (Wildman–Crippen MR) is 86.6 cm³/mol. The number of phenolic OH excluding ortho intramolecular Hbond substituents is 1. The molecule has 0 atom stereocenters. The topological polar surface area (TPSA) is 72.8 Å². The molecule has 0 saturated carbocycles. The minimum Gasteiger partial charge on any atom is -0.506 e. The van der Waals surface area contributed by atoms with Crippen molar-refractivity contribution < 1.29 is 15.0 Å². The van der Waals surface area contributed by atoms with Crippen LogP contribution < -0.4 is 5.32 Å². The minimum absolute atomic E-state index is 0.0563. The van der Waals surface area contributed by atoms with E-state index in [0.29, 0.717) is 30.0 Å². The molecule has 1 aliphatic rings. The summed E-state index contributed by atoms with van der Waals surface area (Å²) in [4.78, 5) is 13.1. The van der Waals surface area contributed by atoms with E-state index < -0.39 is 5.97 Å². The first kappa shape index (κ1) is 17.3. The molecule has 3 N–H and O–H groups in total. The van der Waals surface area contributed by atoms with Gasteiger partial charge in [0.1, 0.15) is 5.75 Å². The van der Waals surface area contributed by atoms with Crippen molar-refractivity contribution in [2.24, 2.45) is 5.92 Å². The lowest BCUT2D eigenvalue weighted by atomic mass is 9.97. The minimum atomic E-state index is -0.689. The third-order valence-electron chi connectivity index (χ3n) is 3.96. The zero-order chi connectivity index (χ0) is 16.1. The van der Waals surface area contributed by atoms with Gasteiger partial charge < -0.3 is 20.4 Å². The van der Waals surface area contributed by atoms with Gasteiger partial charge in [0.15, 0.2) is 0 Å². The van der Waals surface area contributed by atoms with Crippen LogP contribution in [-0.2, 0) is 11.3 Å².